The molecule has 0 aliphatic heterocycles. The number of carbonyl (C=O) groups excluding carboxylic acids is 1. The SMILES string of the molecule is CCCN(CC(=O)NC)Cc1cc(CN)ccc1OC. The molecule has 1 amide bonds. The number of nitrogens with two attached hydrogens (primary N) is 1. The standard InChI is InChI=1S/C15H25N3O2/c1-4-7-18(11-15(19)17-2)10-13-8-12(9-16)5-6-14(13)20-3/h5-6,8H,4,7,9-11,16H2,1-3H3,(H,17,19). The molecule has 0 atom stereocenters. The number of carbonyl (C=O) groups is 1. The van der Waals surface area contributed by atoms with Crippen LogP contribution in [0.15, 0.2) is 18.2 Å². The second-order valence-corrected chi connectivity index (χ2v) is 4.73. The van der Waals surface area contributed by atoms with E-state index in [9.17, 15) is 4.79 Å². The Labute approximate surface area is 121 Å². The molecule has 0 spiro atoms. The first-order valence-corrected chi connectivity index (χ1v) is 6.93. The van der Waals surface area contributed by atoms with Gasteiger partial charge in [-0.05, 0) is 30.7 Å². The summed E-state index contributed by atoms with van der Waals surface area (Å²) in [6, 6.07) is 5.94. The highest BCUT2D eigenvalue weighted by Crippen LogP contribution is 2.21. The van der Waals surface area contributed by atoms with Crippen LogP contribution in [0, 0.1) is 0 Å². The van der Waals surface area contributed by atoms with Gasteiger partial charge in [0.2, 0.25) is 5.91 Å². The minimum absolute atomic E-state index is 0.0207. The van der Waals surface area contributed by atoms with Crippen molar-refractivity contribution in [2.24, 2.45) is 5.73 Å². The fourth-order valence-electron chi connectivity index (χ4n) is 2.14. The van der Waals surface area contributed by atoms with Crippen molar-refractivity contribution in [1.82, 2.24) is 10.2 Å². The highest BCUT2D eigenvalue weighted by Gasteiger charge is 2.12. The molecule has 1 aromatic carbocycles. The highest BCUT2D eigenvalue weighted by atomic mass is 16.5. The Hall–Kier alpha value is -1.59. The predicted octanol–water partition coefficient (Wildman–Crippen LogP) is 1.11. The molecule has 0 heterocycles. The van der Waals surface area contributed by atoms with Crippen molar-refractivity contribution >= 4 is 5.91 Å². The van der Waals surface area contributed by atoms with E-state index in [0.29, 0.717) is 19.6 Å². The van der Waals surface area contributed by atoms with Crippen LogP contribution < -0.4 is 15.8 Å². The van der Waals surface area contributed by atoms with E-state index in [2.05, 4.69) is 17.1 Å². The van der Waals surface area contributed by atoms with Gasteiger partial charge in [0, 0.05) is 25.7 Å². The van der Waals surface area contributed by atoms with Gasteiger partial charge in [-0.25, -0.2) is 0 Å². The summed E-state index contributed by atoms with van der Waals surface area (Å²) in [5, 5.41) is 2.66. The van der Waals surface area contributed by atoms with Crippen LogP contribution in [0.1, 0.15) is 24.5 Å². The van der Waals surface area contributed by atoms with E-state index in [4.69, 9.17) is 10.5 Å². The zero-order valence-corrected chi connectivity index (χ0v) is 12.6. The molecule has 5 heteroatoms. The molecule has 0 radical (unpaired) electrons. The molecule has 0 aromatic heterocycles. The summed E-state index contributed by atoms with van der Waals surface area (Å²) in [7, 11) is 3.31. The van der Waals surface area contributed by atoms with Crippen LogP contribution in [-0.4, -0.2) is 38.1 Å². The number of hydrogen-bond acceptors (Lipinski definition) is 4. The smallest absolute Gasteiger partial charge is 0.233 e. The number of ether oxygens (including phenoxy) is 1. The molecule has 0 aliphatic rings. The Balaban J connectivity index is 2.87. The first kappa shape index (κ1) is 16.5. The molecule has 0 fully saturated rings. The molecule has 0 aliphatic carbocycles. The molecule has 0 saturated carbocycles. The van der Waals surface area contributed by atoms with E-state index in [0.717, 1.165) is 29.8 Å². The first-order valence-electron chi connectivity index (χ1n) is 6.93. The Morgan fingerprint density at radius 2 is 2.20 bits per heavy atom. The number of rotatable bonds is 8. The van der Waals surface area contributed by atoms with Crippen molar-refractivity contribution in [3.63, 3.8) is 0 Å². The van der Waals surface area contributed by atoms with Gasteiger partial charge in [-0.2, -0.15) is 0 Å². The second-order valence-electron chi connectivity index (χ2n) is 4.73. The lowest BCUT2D eigenvalue weighted by Gasteiger charge is -2.22. The van der Waals surface area contributed by atoms with E-state index in [-0.39, 0.29) is 5.91 Å². The summed E-state index contributed by atoms with van der Waals surface area (Å²) >= 11 is 0. The topological polar surface area (TPSA) is 67.6 Å². The van der Waals surface area contributed by atoms with Crippen LogP contribution in [0.3, 0.4) is 0 Å². The van der Waals surface area contributed by atoms with Crippen LogP contribution in [0.5, 0.6) is 5.75 Å². The molecule has 112 valence electrons. The van der Waals surface area contributed by atoms with Crippen molar-refractivity contribution in [2.45, 2.75) is 26.4 Å². The summed E-state index contributed by atoms with van der Waals surface area (Å²) in [6.07, 6.45) is 0.996. The largest absolute Gasteiger partial charge is 0.496 e. The number of benzene rings is 1. The van der Waals surface area contributed by atoms with Crippen molar-refractivity contribution in [3.8, 4) is 5.75 Å². The monoisotopic (exact) mass is 279 g/mol. The summed E-state index contributed by atoms with van der Waals surface area (Å²) in [5.41, 5.74) is 7.81. The second kappa shape index (κ2) is 8.55. The lowest BCUT2D eigenvalue weighted by Crippen LogP contribution is -2.35. The third-order valence-corrected chi connectivity index (χ3v) is 3.16. The molecule has 3 N–H and O–H groups in total. The van der Waals surface area contributed by atoms with Gasteiger partial charge in [-0.15, -0.1) is 0 Å². The predicted molar refractivity (Wildman–Crippen MR) is 80.5 cm³/mol. The van der Waals surface area contributed by atoms with E-state index in [1.54, 1.807) is 14.2 Å². The van der Waals surface area contributed by atoms with Crippen molar-refractivity contribution in [2.75, 3.05) is 27.2 Å². The van der Waals surface area contributed by atoms with E-state index < -0.39 is 0 Å². The van der Waals surface area contributed by atoms with Gasteiger partial charge in [0.25, 0.3) is 0 Å². The molecule has 0 unspecified atom stereocenters. The van der Waals surface area contributed by atoms with Crippen LogP contribution in [0.25, 0.3) is 0 Å². The van der Waals surface area contributed by atoms with Crippen molar-refractivity contribution < 1.29 is 9.53 Å². The molecular weight excluding hydrogens is 254 g/mol. The van der Waals surface area contributed by atoms with Gasteiger partial charge in [0.1, 0.15) is 5.75 Å². The van der Waals surface area contributed by atoms with Gasteiger partial charge in [0.15, 0.2) is 0 Å². The van der Waals surface area contributed by atoms with E-state index in [1.807, 2.05) is 18.2 Å². The molecule has 1 aromatic rings. The summed E-state index contributed by atoms with van der Waals surface area (Å²) in [5.74, 6) is 0.854. The Bertz CT molecular complexity index is 435. The van der Waals surface area contributed by atoms with Crippen LogP contribution >= 0.6 is 0 Å². The van der Waals surface area contributed by atoms with E-state index >= 15 is 0 Å². The average molecular weight is 279 g/mol. The minimum atomic E-state index is 0.0207. The Morgan fingerprint density at radius 3 is 2.75 bits per heavy atom. The number of hydrogen-bond donors (Lipinski definition) is 2. The lowest BCUT2D eigenvalue weighted by molar-refractivity contribution is -0.121. The fraction of sp³-hybridized carbons (Fsp3) is 0.533. The first-order chi connectivity index (χ1) is 9.64. The Morgan fingerprint density at radius 1 is 1.45 bits per heavy atom. The third kappa shape index (κ3) is 4.83. The molecular formula is C15H25N3O2. The fourth-order valence-corrected chi connectivity index (χ4v) is 2.14. The quantitative estimate of drug-likeness (QED) is 0.748. The normalized spacial score (nSPS) is 10.7. The van der Waals surface area contributed by atoms with Crippen molar-refractivity contribution in [3.05, 3.63) is 29.3 Å². The van der Waals surface area contributed by atoms with Gasteiger partial charge in [0.05, 0.1) is 13.7 Å². The van der Waals surface area contributed by atoms with Crippen LogP contribution in [0.2, 0.25) is 0 Å². The maximum absolute atomic E-state index is 11.6. The maximum atomic E-state index is 11.6. The lowest BCUT2D eigenvalue weighted by atomic mass is 10.1. The Kier molecular flexibility index (Phi) is 7.04. The van der Waals surface area contributed by atoms with Gasteiger partial charge < -0.3 is 15.8 Å². The summed E-state index contributed by atoms with van der Waals surface area (Å²) in [6.45, 7) is 4.53. The van der Waals surface area contributed by atoms with Crippen LogP contribution in [0.4, 0.5) is 0 Å². The number of amides is 1. The average Bonchev–Trinajstić information content (AvgIpc) is 2.47. The molecule has 0 saturated heterocycles. The third-order valence-electron chi connectivity index (χ3n) is 3.16. The maximum Gasteiger partial charge on any atom is 0.233 e. The zero-order chi connectivity index (χ0) is 15.0. The van der Waals surface area contributed by atoms with Crippen molar-refractivity contribution in [1.29, 1.82) is 0 Å². The molecule has 1 rings (SSSR count). The summed E-state index contributed by atoms with van der Waals surface area (Å²) in [4.78, 5) is 13.7. The number of nitrogens with one attached hydrogen (secondary N) is 1. The zero-order valence-electron chi connectivity index (χ0n) is 12.6. The minimum Gasteiger partial charge on any atom is -0.496 e. The molecule has 0 bridgehead atoms. The van der Waals surface area contributed by atoms with E-state index in [1.165, 1.54) is 0 Å². The molecule has 5 nitrogen and oxygen atoms in total. The van der Waals surface area contributed by atoms with Gasteiger partial charge in [-0.3, -0.25) is 9.69 Å². The number of methoxy groups -OCH3 is 1. The highest BCUT2D eigenvalue weighted by molar-refractivity contribution is 5.77. The van der Waals surface area contributed by atoms with Gasteiger partial charge >= 0.3 is 0 Å². The van der Waals surface area contributed by atoms with Crippen LogP contribution in [-0.2, 0) is 17.9 Å². The summed E-state index contributed by atoms with van der Waals surface area (Å²) < 4.78 is 5.39. The molecule has 20 heavy (non-hydrogen) atoms. The van der Waals surface area contributed by atoms with Gasteiger partial charge in [-0.1, -0.05) is 13.0 Å². The number of nitrogens with zero attached hydrogens (tertiary/aromatic N) is 1. The number of likely N-dealkylation sites (N-methyl/N-ethyl adjacent to an activating group) is 1.